The summed E-state index contributed by atoms with van der Waals surface area (Å²) in [5, 5.41) is 0. The Morgan fingerprint density at radius 1 is 0.793 bits per heavy atom. The number of carbonyl (C=O) groups is 3. The highest BCUT2D eigenvalue weighted by molar-refractivity contribution is 6.34. The first-order valence-electron chi connectivity index (χ1n) is 8.77. The van der Waals surface area contributed by atoms with Gasteiger partial charge in [-0.1, -0.05) is 0 Å². The van der Waals surface area contributed by atoms with Crippen LogP contribution in [-0.4, -0.2) is 17.8 Å². The number of hydrogen-bond acceptors (Lipinski definition) is 6. The normalized spacial score (nSPS) is 12.7. The number of nitrogens with zero attached hydrogens (tertiary/aromatic N) is 1. The summed E-state index contributed by atoms with van der Waals surface area (Å²) in [6.45, 7) is 1.29. The maximum Gasteiger partial charge on any atom is 0.308 e. The number of nitrogens with two attached hydrogens (primary N) is 1. The highest BCUT2D eigenvalue weighted by atomic mass is 16.5. The van der Waals surface area contributed by atoms with E-state index in [2.05, 4.69) is 0 Å². The first-order valence-corrected chi connectivity index (χ1v) is 8.77. The first-order chi connectivity index (χ1) is 13.9. The Hall–Kier alpha value is -4.13. The predicted octanol–water partition coefficient (Wildman–Crippen LogP) is 3.79. The van der Waals surface area contributed by atoms with Crippen molar-refractivity contribution in [3.05, 3.63) is 77.9 Å². The van der Waals surface area contributed by atoms with E-state index >= 15 is 0 Å². The largest absolute Gasteiger partial charge is 0.457 e. The molecule has 3 aromatic carbocycles. The van der Waals surface area contributed by atoms with Crippen molar-refractivity contribution in [1.82, 2.24) is 0 Å². The summed E-state index contributed by atoms with van der Waals surface area (Å²) in [4.78, 5) is 37.7. The summed E-state index contributed by atoms with van der Waals surface area (Å²) in [5.74, 6) is -0.00279. The Morgan fingerprint density at radius 3 is 2.03 bits per heavy atom. The van der Waals surface area contributed by atoms with Gasteiger partial charge in [0.15, 0.2) is 0 Å². The molecule has 0 aromatic heterocycles. The molecule has 29 heavy (non-hydrogen) atoms. The number of fused-ring (bicyclic) bond motifs is 1. The second-order valence-electron chi connectivity index (χ2n) is 6.41. The number of carbonyl (C=O) groups excluding carboxylic acids is 3. The summed E-state index contributed by atoms with van der Waals surface area (Å²) in [6, 6.07) is 17.7. The molecule has 4 rings (SSSR count). The Morgan fingerprint density at radius 2 is 1.38 bits per heavy atom. The van der Waals surface area contributed by atoms with Crippen molar-refractivity contribution in [3.8, 4) is 17.2 Å². The second-order valence-corrected chi connectivity index (χ2v) is 6.41. The van der Waals surface area contributed by atoms with Crippen LogP contribution in [0.2, 0.25) is 0 Å². The molecule has 3 aromatic rings. The zero-order chi connectivity index (χ0) is 20.5. The maximum atomic E-state index is 12.9. The van der Waals surface area contributed by atoms with Gasteiger partial charge in [-0.15, -0.1) is 0 Å². The number of ether oxygens (including phenoxy) is 2. The van der Waals surface area contributed by atoms with Crippen LogP contribution in [0.3, 0.4) is 0 Å². The lowest BCUT2D eigenvalue weighted by Crippen LogP contribution is -2.29. The van der Waals surface area contributed by atoms with E-state index in [0.717, 1.165) is 4.90 Å². The van der Waals surface area contributed by atoms with Crippen molar-refractivity contribution in [1.29, 1.82) is 0 Å². The lowest BCUT2D eigenvalue weighted by atomic mass is 10.1. The first kappa shape index (κ1) is 18.2. The maximum absolute atomic E-state index is 12.9. The molecule has 144 valence electrons. The van der Waals surface area contributed by atoms with E-state index in [1.807, 2.05) is 0 Å². The number of imide groups is 1. The van der Waals surface area contributed by atoms with Crippen LogP contribution in [-0.2, 0) is 4.79 Å². The van der Waals surface area contributed by atoms with Crippen LogP contribution in [0.25, 0.3) is 0 Å². The number of anilines is 2. The van der Waals surface area contributed by atoms with Crippen LogP contribution in [0, 0.1) is 0 Å². The minimum Gasteiger partial charge on any atom is -0.457 e. The summed E-state index contributed by atoms with van der Waals surface area (Å²) in [6.07, 6.45) is 0. The van der Waals surface area contributed by atoms with E-state index in [4.69, 9.17) is 15.2 Å². The highest BCUT2D eigenvalue weighted by Gasteiger charge is 2.37. The van der Waals surface area contributed by atoms with Gasteiger partial charge in [-0.25, -0.2) is 4.90 Å². The SMILES string of the molecule is CC(=O)Oc1ccc(N2C(=O)c3ccc(Oc4ccc(N)cc4)cc3C2=O)cc1. The van der Waals surface area contributed by atoms with Crippen LogP contribution >= 0.6 is 0 Å². The van der Waals surface area contributed by atoms with E-state index in [1.165, 1.54) is 19.1 Å². The smallest absolute Gasteiger partial charge is 0.308 e. The minimum atomic E-state index is -0.452. The number of esters is 1. The summed E-state index contributed by atoms with van der Waals surface area (Å²) in [7, 11) is 0. The molecule has 0 unspecified atom stereocenters. The third-order valence-electron chi connectivity index (χ3n) is 4.33. The number of nitrogen functional groups attached to an aromatic ring is 1. The Bertz CT molecular complexity index is 1120. The van der Waals surface area contributed by atoms with Gasteiger partial charge < -0.3 is 15.2 Å². The highest BCUT2D eigenvalue weighted by Crippen LogP contribution is 2.33. The zero-order valence-corrected chi connectivity index (χ0v) is 15.4. The number of amides is 2. The number of rotatable bonds is 4. The molecule has 0 saturated heterocycles. The van der Waals surface area contributed by atoms with E-state index in [0.29, 0.717) is 34.2 Å². The molecule has 0 aliphatic carbocycles. The summed E-state index contributed by atoms with van der Waals surface area (Å²) in [5.41, 5.74) is 7.21. The van der Waals surface area contributed by atoms with E-state index in [1.54, 1.807) is 54.6 Å². The van der Waals surface area contributed by atoms with E-state index in [-0.39, 0.29) is 5.56 Å². The Kier molecular flexibility index (Phi) is 4.48. The van der Waals surface area contributed by atoms with Crippen molar-refractivity contribution < 1.29 is 23.9 Å². The molecular weight excluding hydrogens is 372 g/mol. The molecule has 0 fully saturated rings. The molecule has 1 heterocycles. The zero-order valence-electron chi connectivity index (χ0n) is 15.4. The topological polar surface area (TPSA) is 98.9 Å². The quantitative estimate of drug-likeness (QED) is 0.316. The average Bonchev–Trinajstić information content (AvgIpc) is 2.94. The van der Waals surface area contributed by atoms with E-state index < -0.39 is 17.8 Å². The fraction of sp³-hybridized carbons (Fsp3) is 0.0455. The van der Waals surface area contributed by atoms with Crippen LogP contribution in [0.4, 0.5) is 11.4 Å². The van der Waals surface area contributed by atoms with Crippen LogP contribution in [0.1, 0.15) is 27.6 Å². The van der Waals surface area contributed by atoms with Crippen LogP contribution in [0.15, 0.2) is 66.7 Å². The predicted molar refractivity (Wildman–Crippen MR) is 106 cm³/mol. The van der Waals surface area contributed by atoms with Gasteiger partial charge in [0.1, 0.15) is 17.2 Å². The van der Waals surface area contributed by atoms with Crippen LogP contribution < -0.4 is 20.1 Å². The van der Waals surface area contributed by atoms with Crippen molar-refractivity contribution in [2.45, 2.75) is 6.92 Å². The average molecular weight is 388 g/mol. The molecule has 2 N–H and O–H groups in total. The second kappa shape index (κ2) is 7.12. The molecule has 1 aliphatic heterocycles. The molecule has 7 nitrogen and oxygen atoms in total. The monoisotopic (exact) mass is 388 g/mol. The van der Waals surface area contributed by atoms with Gasteiger partial charge in [-0.05, 0) is 66.7 Å². The van der Waals surface area contributed by atoms with Gasteiger partial charge in [0.25, 0.3) is 11.8 Å². The fourth-order valence-corrected chi connectivity index (χ4v) is 3.02. The van der Waals surface area contributed by atoms with Gasteiger partial charge in [0, 0.05) is 12.6 Å². The van der Waals surface area contributed by atoms with Crippen molar-refractivity contribution >= 4 is 29.2 Å². The van der Waals surface area contributed by atoms with E-state index in [9.17, 15) is 14.4 Å². The summed E-state index contributed by atoms with van der Waals surface area (Å²) < 4.78 is 10.7. The summed E-state index contributed by atoms with van der Waals surface area (Å²) >= 11 is 0. The molecule has 7 heteroatoms. The Labute approximate surface area is 166 Å². The Balaban J connectivity index is 1.59. The van der Waals surface area contributed by atoms with Gasteiger partial charge in [-0.3, -0.25) is 14.4 Å². The molecule has 0 saturated carbocycles. The number of benzene rings is 3. The molecule has 0 spiro atoms. The molecule has 0 bridgehead atoms. The minimum absolute atomic E-state index is 0.256. The fourth-order valence-electron chi connectivity index (χ4n) is 3.02. The van der Waals surface area contributed by atoms with Gasteiger partial charge in [-0.2, -0.15) is 0 Å². The molecule has 2 amide bonds. The third kappa shape index (κ3) is 3.53. The van der Waals surface area contributed by atoms with Gasteiger partial charge in [0.05, 0.1) is 16.8 Å². The van der Waals surface area contributed by atoms with Gasteiger partial charge in [0.2, 0.25) is 0 Å². The standard InChI is InChI=1S/C22H16N2O5/c1-13(25)28-16-8-4-15(5-9-16)24-21(26)19-11-10-18(12-20(19)22(24)27)29-17-6-2-14(23)3-7-17/h2-12H,23H2,1H3. The molecule has 0 atom stereocenters. The van der Waals surface area contributed by atoms with Crippen molar-refractivity contribution in [2.24, 2.45) is 0 Å². The lowest BCUT2D eigenvalue weighted by Gasteiger charge is -2.14. The molecule has 0 radical (unpaired) electrons. The lowest BCUT2D eigenvalue weighted by molar-refractivity contribution is -0.131. The number of hydrogen-bond donors (Lipinski definition) is 1. The van der Waals surface area contributed by atoms with Crippen molar-refractivity contribution in [3.63, 3.8) is 0 Å². The van der Waals surface area contributed by atoms with Crippen molar-refractivity contribution in [2.75, 3.05) is 10.6 Å². The van der Waals surface area contributed by atoms with Crippen LogP contribution in [0.5, 0.6) is 17.2 Å². The third-order valence-corrected chi connectivity index (χ3v) is 4.33. The molecule has 1 aliphatic rings. The van der Waals surface area contributed by atoms with Gasteiger partial charge >= 0.3 is 5.97 Å². The molecular formula is C22H16N2O5.